The first-order valence-corrected chi connectivity index (χ1v) is 9.92. The van der Waals surface area contributed by atoms with Crippen molar-refractivity contribution in [2.45, 2.75) is 19.8 Å². The molecule has 0 aromatic heterocycles. The van der Waals surface area contributed by atoms with E-state index < -0.39 is 11.8 Å². The second kappa shape index (κ2) is 10.4. The molecule has 0 unspecified atom stereocenters. The van der Waals surface area contributed by atoms with E-state index in [2.05, 4.69) is 45.9 Å². The lowest BCUT2D eigenvalue weighted by atomic mass is 10.0. The molecule has 0 saturated carbocycles. The summed E-state index contributed by atoms with van der Waals surface area (Å²) in [6.07, 6.45) is 0. The Morgan fingerprint density at radius 3 is 2.43 bits per heavy atom. The number of hydrogen-bond acceptors (Lipinski definition) is 4. The molecule has 3 N–H and O–H groups in total. The number of hydrogen-bond donors (Lipinski definition) is 3. The van der Waals surface area contributed by atoms with Crippen LogP contribution in [-0.4, -0.2) is 23.5 Å². The van der Waals surface area contributed by atoms with E-state index in [9.17, 15) is 9.59 Å². The molecule has 0 fully saturated rings. The van der Waals surface area contributed by atoms with E-state index in [0.29, 0.717) is 22.3 Å². The van der Waals surface area contributed by atoms with Gasteiger partial charge in [-0.25, -0.2) is 0 Å². The number of carbonyl (C=O) groups excluding carboxylic acids is 2. The fourth-order valence-electron chi connectivity index (χ4n) is 2.11. The van der Waals surface area contributed by atoms with Crippen LogP contribution in [0.2, 0.25) is 5.02 Å². The Bertz CT molecular complexity index is 875. The van der Waals surface area contributed by atoms with Crippen LogP contribution in [0.15, 0.2) is 46.9 Å². The van der Waals surface area contributed by atoms with E-state index in [1.807, 2.05) is 12.1 Å². The Balaban J connectivity index is 1.76. The van der Waals surface area contributed by atoms with Gasteiger partial charge in [-0.3, -0.25) is 25.8 Å². The van der Waals surface area contributed by atoms with Crippen molar-refractivity contribution in [2.75, 3.05) is 6.61 Å². The van der Waals surface area contributed by atoms with Gasteiger partial charge in [0, 0.05) is 10.6 Å². The van der Waals surface area contributed by atoms with E-state index in [-0.39, 0.29) is 11.7 Å². The van der Waals surface area contributed by atoms with E-state index in [1.165, 1.54) is 0 Å². The maximum atomic E-state index is 12.0. The average molecular weight is 485 g/mol. The van der Waals surface area contributed by atoms with Crippen LogP contribution in [0.3, 0.4) is 0 Å². The quantitative estimate of drug-likeness (QED) is 0.442. The Kier molecular flexibility index (Phi) is 8.22. The summed E-state index contributed by atoms with van der Waals surface area (Å²) in [4.78, 5) is 23.9. The van der Waals surface area contributed by atoms with Crippen LogP contribution in [0, 0.1) is 0 Å². The van der Waals surface area contributed by atoms with Crippen molar-refractivity contribution in [2.24, 2.45) is 0 Å². The molecule has 0 atom stereocenters. The van der Waals surface area contributed by atoms with Crippen molar-refractivity contribution < 1.29 is 14.3 Å². The van der Waals surface area contributed by atoms with E-state index >= 15 is 0 Å². The topological polar surface area (TPSA) is 79.5 Å². The third-order valence-corrected chi connectivity index (χ3v) is 4.71. The Labute approximate surface area is 182 Å². The Morgan fingerprint density at radius 1 is 1.14 bits per heavy atom. The van der Waals surface area contributed by atoms with Gasteiger partial charge >= 0.3 is 0 Å². The monoisotopic (exact) mass is 483 g/mol. The van der Waals surface area contributed by atoms with Gasteiger partial charge in [0.2, 0.25) is 0 Å². The molecular formula is C19H19BrClN3O3S. The number of halogens is 2. The van der Waals surface area contributed by atoms with Crippen molar-refractivity contribution in [1.29, 1.82) is 0 Å². The van der Waals surface area contributed by atoms with Crippen LogP contribution in [0.1, 0.15) is 35.7 Å². The molecule has 0 aliphatic rings. The van der Waals surface area contributed by atoms with Gasteiger partial charge in [-0.1, -0.05) is 31.5 Å². The first-order chi connectivity index (χ1) is 13.3. The lowest BCUT2D eigenvalue weighted by Gasteiger charge is -2.13. The third-order valence-electron chi connectivity index (χ3n) is 3.63. The summed E-state index contributed by atoms with van der Waals surface area (Å²) in [6.45, 7) is 3.96. The second-order valence-corrected chi connectivity index (χ2v) is 7.80. The van der Waals surface area contributed by atoms with Crippen molar-refractivity contribution in [3.63, 3.8) is 0 Å². The van der Waals surface area contributed by atoms with E-state index in [4.69, 9.17) is 28.6 Å². The van der Waals surface area contributed by atoms with Crippen LogP contribution in [-0.2, 0) is 4.79 Å². The van der Waals surface area contributed by atoms with Crippen LogP contribution in [0.5, 0.6) is 5.75 Å². The molecule has 0 aliphatic carbocycles. The largest absolute Gasteiger partial charge is 0.483 e. The number of amides is 2. The number of carbonyl (C=O) groups is 2. The van der Waals surface area contributed by atoms with Gasteiger partial charge in [-0.2, -0.15) is 0 Å². The minimum Gasteiger partial charge on any atom is -0.483 e. The first-order valence-electron chi connectivity index (χ1n) is 8.34. The number of benzene rings is 2. The highest BCUT2D eigenvalue weighted by atomic mass is 79.9. The molecule has 0 radical (unpaired) electrons. The smallest absolute Gasteiger partial charge is 0.276 e. The number of thiocarbonyl (C=S) groups is 1. The average Bonchev–Trinajstić information content (AvgIpc) is 2.65. The zero-order valence-corrected chi connectivity index (χ0v) is 18.4. The molecule has 0 spiro atoms. The fourth-order valence-corrected chi connectivity index (χ4v) is 2.89. The number of rotatable bonds is 5. The molecule has 148 valence electrons. The minimum atomic E-state index is -0.456. The highest BCUT2D eigenvalue weighted by Gasteiger charge is 2.10. The first kappa shape index (κ1) is 22.1. The van der Waals surface area contributed by atoms with Gasteiger partial charge in [-0.05, 0) is 76.0 Å². The maximum absolute atomic E-state index is 12.0. The fraction of sp³-hybridized carbons (Fsp3) is 0.211. The molecule has 2 aromatic rings. The molecule has 28 heavy (non-hydrogen) atoms. The predicted octanol–water partition coefficient (Wildman–Crippen LogP) is 3.94. The highest BCUT2D eigenvalue weighted by molar-refractivity contribution is 9.10. The number of nitrogens with one attached hydrogen (secondary N) is 3. The molecule has 2 rings (SSSR count). The SMILES string of the molecule is CC(C)c1ccc(OCC(=O)NNC(=S)NC(=O)c2ccc(Cl)cc2)c(Br)c1. The molecule has 0 heterocycles. The van der Waals surface area contributed by atoms with Gasteiger partial charge in [0.1, 0.15) is 5.75 Å². The summed E-state index contributed by atoms with van der Waals surface area (Å²) in [5.41, 5.74) is 6.36. The number of ether oxygens (including phenoxy) is 1. The van der Waals surface area contributed by atoms with E-state index in [1.54, 1.807) is 30.3 Å². The molecule has 9 heteroatoms. The predicted molar refractivity (Wildman–Crippen MR) is 117 cm³/mol. The molecule has 2 aromatic carbocycles. The molecule has 6 nitrogen and oxygen atoms in total. The van der Waals surface area contributed by atoms with Gasteiger partial charge in [0.25, 0.3) is 11.8 Å². The zero-order valence-electron chi connectivity index (χ0n) is 15.2. The summed E-state index contributed by atoms with van der Waals surface area (Å²) in [5.74, 6) is 0.0666. The number of hydrazine groups is 1. The molecule has 2 amide bonds. The highest BCUT2D eigenvalue weighted by Crippen LogP contribution is 2.28. The van der Waals surface area contributed by atoms with Gasteiger partial charge in [0.15, 0.2) is 11.7 Å². The van der Waals surface area contributed by atoms with Crippen LogP contribution < -0.4 is 20.9 Å². The Morgan fingerprint density at radius 2 is 1.82 bits per heavy atom. The summed E-state index contributed by atoms with van der Waals surface area (Å²) in [6, 6.07) is 12.0. The lowest BCUT2D eigenvalue weighted by molar-refractivity contribution is -0.123. The van der Waals surface area contributed by atoms with E-state index in [0.717, 1.165) is 10.0 Å². The van der Waals surface area contributed by atoms with Crippen LogP contribution >= 0.6 is 39.7 Å². The van der Waals surface area contributed by atoms with Gasteiger partial charge in [0.05, 0.1) is 4.47 Å². The third kappa shape index (κ3) is 6.78. The minimum absolute atomic E-state index is 0.0456. The molecule has 0 aliphatic heterocycles. The van der Waals surface area contributed by atoms with Crippen LogP contribution in [0.4, 0.5) is 0 Å². The second-order valence-electron chi connectivity index (χ2n) is 6.10. The van der Waals surface area contributed by atoms with Crippen molar-refractivity contribution in [3.8, 4) is 5.75 Å². The van der Waals surface area contributed by atoms with Crippen molar-refractivity contribution in [1.82, 2.24) is 16.2 Å². The van der Waals surface area contributed by atoms with Crippen molar-refractivity contribution >= 4 is 56.7 Å². The van der Waals surface area contributed by atoms with Crippen LogP contribution in [0.25, 0.3) is 0 Å². The molecular weight excluding hydrogens is 466 g/mol. The normalized spacial score (nSPS) is 10.3. The van der Waals surface area contributed by atoms with Crippen molar-refractivity contribution in [3.05, 3.63) is 63.1 Å². The van der Waals surface area contributed by atoms with Gasteiger partial charge < -0.3 is 4.74 Å². The molecule has 0 saturated heterocycles. The standard InChI is InChI=1S/C19H19BrClN3O3S/c1-11(2)13-5-8-16(15(20)9-13)27-10-17(25)23-24-19(28)22-18(26)12-3-6-14(21)7-4-12/h3-9,11H,10H2,1-2H3,(H,23,25)(H2,22,24,26,28). The summed E-state index contributed by atoms with van der Waals surface area (Å²) in [5, 5.41) is 2.92. The maximum Gasteiger partial charge on any atom is 0.276 e. The summed E-state index contributed by atoms with van der Waals surface area (Å²) < 4.78 is 6.25. The van der Waals surface area contributed by atoms with Gasteiger partial charge in [-0.15, -0.1) is 0 Å². The Hall–Kier alpha value is -2.16. The lowest BCUT2D eigenvalue weighted by Crippen LogP contribution is -2.49. The molecule has 0 bridgehead atoms. The zero-order chi connectivity index (χ0) is 20.7. The summed E-state index contributed by atoms with van der Waals surface area (Å²) in [7, 11) is 0. The summed E-state index contributed by atoms with van der Waals surface area (Å²) >= 11 is 14.2.